The number of carbonyl (C=O) groups is 1. The van der Waals surface area contributed by atoms with Gasteiger partial charge in [-0.05, 0) is 28.8 Å². The summed E-state index contributed by atoms with van der Waals surface area (Å²) in [5.41, 5.74) is -0.339. The molecule has 0 radical (unpaired) electrons. The summed E-state index contributed by atoms with van der Waals surface area (Å²) in [6.07, 6.45) is 3.54. The van der Waals surface area contributed by atoms with Crippen LogP contribution in [0.25, 0.3) is 0 Å². The fraction of sp³-hybridized carbons (Fsp3) is 0.688. The number of halogens is 1. The van der Waals surface area contributed by atoms with Crippen LogP contribution >= 0.6 is 15.9 Å². The Hall–Kier alpha value is -1.37. The Kier molecular flexibility index (Phi) is 5.49. The zero-order valence-corrected chi connectivity index (χ0v) is 16.1. The van der Waals surface area contributed by atoms with E-state index in [0.29, 0.717) is 11.8 Å². The Morgan fingerprint density at radius 3 is 2.52 bits per heavy atom. The fourth-order valence-electron chi connectivity index (χ4n) is 2.79. The molecule has 2 heterocycles. The number of rotatable bonds is 3. The smallest absolute Gasteiger partial charge is 0.232 e. The Morgan fingerprint density at radius 1 is 1.39 bits per heavy atom. The van der Waals surface area contributed by atoms with Crippen LogP contribution in [0.1, 0.15) is 33.6 Å². The number of methoxy groups -OCH3 is 1. The maximum absolute atomic E-state index is 12.4. The Balaban J connectivity index is 2.00. The van der Waals surface area contributed by atoms with Crippen molar-refractivity contribution in [2.24, 2.45) is 5.41 Å². The summed E-state index contributed by atoms with van der Waals surface area (Å²) in [4.78, 5) is 25.2. The molecular weight excluding hydrogens is 360 g/mol. The van der Waals surface area contributed by atoms with Crippen molar-refractivity contribution in [1.29, 1.82) is 0 Å². The third-order valence-electron chi connectivity index (χ3n) is 4.15. The molecule has 0 saturated carbocycles. The van der Waals surface area contributed by atoms with Crippen LogP contribution in [0.2, 0.25) is 0 Å². The zero-order valence-electron chi connectivity index (χ0n) is 14.5. The van der Waals surface area contributed by atoms with Gasteiger partial charge in [-0.25, -0.2) is 4.98 Å². The molecule has 1 aliphatic heterocycles. The van der Waals surface area contributed by atoms with Crippen molar-refractivity contribution in [1.82, 2.24) is 14.9 Å². The van der Waals surface area contributed by atoms with E-state index in [-0.39, 0.29) is 17.4 Å². The Labute approximate surface area is 146 Å². The highest BCUT2D eigenvalue weighted by Gasteiger charge is 2.32. The van der Waals surface area contributed by atoms with Crippen LogP contribution in [0.4, 0.5) is 5.95 Å². The van der Waals surface area contributed by atoms with Gasteiger partial charge in [0.15, 0.2) is 0 Å². The van der Waals surface area contributed by atoms with Crippen LogP contribution in [0, 0.1) is 5.41 Å². The number of hydrogen-bond acceptors (Lipinski definition) is 5. The lowest BCUT2D eigenvalue weighted by atomic mass is 9.93. The molecule has 6 nitrogen and oxygen atoms in total. The lowest BCUT2D eigenvalue weighted by Crippen LogP contribution is -2.49. The van der Waals surface area contributed by atoms with Crippen LogP contribution < -0.4 is 9.64 Å². The summed E-state index contributed by atoms with van der Waals surface area (Å²) in [5, 5.41) is 0. The molecule has 1 fully saturated rings. The molecule has 1 saturated heterocycles. The maximum Gasteiger partial charge on any atom is 0.232 e. The summed E-state index contributed by atoms with van der Waals surface area (Å²) >= 11 is 3.37. The molecule has 0 atom stereocenters. The van der Waals surface area contributed by atoms with Crippen molar-refractivity contribution in [2.75, 3.05) is 32.1 Å². The second kappa shape index (κ2) is 7.03. The fourth-order valence-corrected chi connectivity index (χ4v) is 3.14. The SMILES string of the molecule is COc1nc(N2CCC(N(C)C(=O)C(C)(C)C)CC2)ncc1Br. The van der Waals surface area contributed by atoms with Crippen molar-refractivity contribution in [2.45, 2.75) is 39.7 Å². The number of ether oxygens (including phenoxy) is 1. The lowest BCUT2D eigenvalue weighted by molar-refractivity contribution is -0.140. The molecule has 0 unspecified atom stereocenters. The molecule has 7 heteroatoms. The molecule has 1 aromatic heterocycles. The normalized spacial score (nSPS) is 16.3. The Morgan fingerprint density at radius 2 is 2.00 bits per heavy atom. The second-order valence-corrected chi connectivity index (χ2v) is 7.77. The van der Waals surface area contributed by atoms with Crippen LogP contribution in [0.5, 0.6) is 5.88 Å². The summed E-state index contributed by atoms with van der Waals surface area (Å²) in [5.74, 6) is 1.41. The molecule has 23 heavy (non-hydrogen) atoms. The van der Waals surface area contributed by atoms with Crippen molar-refractivity contribution >= 4 is 27.8 Å². The standard InChI is InChI=1S/C16H25BrN4O2/c1-16(2,3)14(22)20(4)11-6-8-21(9-7-11)15-18-10-12(17)13(19-15)23-5/h10-11H,6-9H2,1-5H3. The van der Waals surface area contributed by atoms with E-state index in [9.17, 15) is 4.79 Å². The number of amides is 1. The number of piperidine rings is 1. The number of aromatic nitrogens is 2. The van der Waals surface area contributed by atoms with Crippen molar-refractivity contribution in [3.63, 3.8) is 0 Å². The molecule has 1 aliphatic rings. The molecule has 0 spiro atoms. The molecule has 128 valence electrons. The first kappa shape index (κ1) is 18.0. The molecule has 0 aliphatic carbocycles. The van der Waals surface area contributed by atoms with Crippen molar-refractivity contribution < 1.29 is 9.53 Å². The summed E-state index contributed by atoms with van der Waals surface area (Å²) in [6, 6.07) is 0.273. The summed E-state index contributed by atoms with van der Waals surface area (Å²) in [6.45, 7) is 7.54. The average Bonchev–Trinajstić information content (AvgIpc) is 2.53. The molecule has 0 N–H and O–H groups in total. The number of anilines is 1. The third-order valence-corrected chi connectivity index (χ3v) is 4.69. The molecule has 2 rings (SSSR count). The molecule has 1 aromatic rings. The molecule has 0 bridgehead atoms. The highest BCUT2D eigenvalue weighted by molar-refractivity contribution is 9.10. The van der Waals surface area contributed by atoms with Gasteiger partial charge in [0.05, 0.1) is 17.8 Å². The van der Waals surface area contributed by atoms with E-state index in [2.05, 4.69) is 30.8 Å². The van der Waals surface area contributed by atoms with E-state index in [1.807, 2.05) is 32.7 Å². The van der Waals surface area contributed by atoms with Gasteiger partial charge in [-0.15, -0.1) is 0 Å². The minimum absolute atomic E-state index is 0.192. The zero-order chi connectivity index (χ0) is 17.2. The molecule has 1 amide bonds. The van der Waals surface area contributed by atoms with E-state index < -0.39 is 0 Å². The predicted molar refractivity (Wildman–Crippen MR) is 93.7 cm³/mol. The number of nitrogens with zero attached hydrogens (tertiary/aromatic N) is 4. The molecular formula is C16H25BrN4O2. The van der Waals surface area contributed by atoms with Gasteiger partial charge in [0, 0.05) is 31.6 Å². The van der Waals surface area contributed by atoms with E-state index in [1.165, 1.54) is 0 Å². The van der Waals surface area contributed by atoms with E-state index >= 15 is 0 Å². The van der Waals surface area contributed by atoms with Crippen LogP contribution in [0.3, 0.4) is 0 Å². The minimum Gasteiger partial charge on any atom is -0.480 e. The monoisotopic (exact) mass is 384 g/mol. The van der Waals surface area contributed by atoms with Gasteiger partial charge in [-0.2, -0.15) is 4.98 Å². The summed E-state index contributed by atoms with van der Waals surface area (Å²) < 4.78 is 5.97. The second-order valence-electron chi connectivity index (χ2n) is 6.91. The van der Waals surface area contributed by atoms with Gasteiger partial charge in [0.2, 0.25) is 17.7 Å². The van der Waals surface area contributed by atoms with E-state index in [1.54, 1.807) is 13.3 Å². The first-order valence-corrected chi connectivity index (χ1v) is 8.62. The first-order chi connectivity index (χ1) is 10.7. The summed E-state index contributed by atoms with van der Waals surface area (Å²) in [7, 11) is 3.50. The maximum atomic E-state index is 12.4. The van der Waals surface area contributed by atoms with Crippen LogP contribution in [-0.4, -0.2) is 54.1 Å². The minimum atomic E-state index is -0.339. The van der Waals surface area contributed by atoms with E-state index in [0.717, 1.165) is 30.4 Å². The molecule has 0 aromatic carbocycles. The van der Waals surface area contributed by atoms with Gasteiger partial charge in [-0.3, -0.25) is 4.79 Å². The first-order valence-electron chi connectivity index (χ1n) is 7.82. The van der Waals surface area contributed by atoms with E-state index in [4.69, 9.17) is 4.74 Å². The van der Waals surface area contributed by atoms with Gasteiger partial charge in [0.1, 0.15) is 0 Å². The third kappa shape index (κ3) is 4.13. The van der Waals surface area contributed by atoms with Crippen molar-refractivity contribution in [3.8, 4) is 5.88 Å². The Bertz CT molecular complexity index is 566. The highest BCUT2D eigenvalue weighted by atomic mass is 79.9. The predicted octanol–water partition coefficient (Wildman–Crippen LogP) is 2.72. The van der Waals surface area contributed by atoms with Gasteiger partial charge >= 0.3 is 0 Å². The number of carbonyl (C=O) groups excluding carboxylic acids is 1. The topological polar surface area (TPSA) is 58.6 Å². The van der Waals surface area contributed by atoms with Crippen molar-refractivity contribution in [3.05, 3.63) is 10.7 Å². The van der Waals surface area contributed by atoms with Crippen LogP contribution in [-0.2, 0) is 4.79 Å². The van der Waals surface area contributed by atoms with Crippen LogP contribution in [0.15, 0.2) is 10.7 Å². The quantitative estimate of drug-likeness (QED) is 0.801. The average molecular weight is 385 g/mol. The van der Waals surface area contributed by atoms with Gasteiger partial charge < -0.3 is 14.5 Å². The van der Waals surface area contributed by atoms with Gasteiger partial charge in [0.25, 0.3) is 0 Å². The largest absolute Gasteiger partial charge is 0.480 e. The lowest BCUT2D eigenvalue weighted by Gasteiger charge is -2.39. The number of hydrogen-bond donors (Lipinski definition) is 0. The highest BCUT2D eigenvalue weighted by Crippen LogP contribution is 2.27. The van der Waals surface area contributed by atoms with Gasteiger partial charge in [-0.1, -0.05) is 20.8 Å².